The molecule has 0 saturated heterocycles. The van der Waals surface area contributed by atoms with Gasteiger partial charge in [0.25, 0.3) is 0 Å². The molecule has 1 aromatic carbocycles. The molecular formula is C17H26N2OS. The summed E-state index contributed by atoms with van der Waals surface area (Å²) in [6.45, 7) is 7.39. The van der Waals surface area contributed by atoms with E-state index in [4.69, 9.17) is 22.7 Å². The number of hydrogen-bond acceptors (Lipinski definition) is 3. The minimum absolute atomic E-state index is 0.393. The molecular weight excluding hydrogens is 280 g/mol. The topological polar surface area (TPSA) is 38.5 Å². The SMILES string of the molecule is CC(C)CCN(CCOc1ccccc1C(N)=S)C1CC1. The minimum atomic E-state index is 0.393. The first-order valence-electron chi connectivity index (χ1n) is 7.83. The van der Waals surface area contributed by atoms with E-state index in [2.05, 4.69) is 18.7 Å². The zero-order chi connectivity index (χ0) is 15.2. The molecule has 0 aromatic heterocycles. The van der Waals surface area contributed by atoms with E-state index < -0.39 is 0 Å². The molecule has 1 aliphatic carbocycles. The van der Waals surface area contributed by atoms with Gasteiger partial charge in [0.2, 0.25) is 0 Å². The van der Waals surface area contributed by atoms with Crippen molar-refractivity contribution in [1.29, 1.82) is 0 Å². The van der Waals surface area contributed by atoms with Gasteiger partial charge in [-0.15, -0.1) is 0 Å². The van der Waals surface area contributed by atoms with E-state index in [9.17, 15) is 0 Å². The molecule has 0 spiro atoms. The lowest BCUT2D eigenvalue weighted by Gasteiger charge is -2.23. The molecule has 1 aliphatic rings. The largest absolute Gasteiger partial charge is 0.492 e. The summed E-state index contributed by atoms with van der Waals surface area (Å²) in [5, 5.41) is 0. The highest BCUT2D eigenvalue weighted by Gasteiger charge is 2.28. The lowest BCUT2D eigenvalue weighted by atomic mass is 10.1. The first-order valence-corrected chi connectivity index (χ1v) is 8.24. The van der Waals surface area contributed by atoms with Crippen LogP contribution < -0.4 is 10.5 Å². The smallest absolute Gasteiger partial charge is 0.129 e. The van der Waals surface area contributed by atoms with Crippen molar-refractivity contribution >= 4 is 17.2 Å². The fourth-order valence-corrected chi connectivity index (χ4v) is 2.58. The number of nitrogens with zero attached hydrogens (tertiary/aromatic N) is 1. The summed E-state index contributed by atoms with van der Waals surface area (Å²) >= 11 is 5.06. The van der Waals surface area contributed by atoms with Gasteiger partial charge in [-0.05, 0) is 43.9 Å². The standard InChI is InChI=1S/C17H26N2OS/c1-13(2)9-10-19(14-7-8-14)11-12-20-16-6-4-3-5-15(16)17(18)21/h3-6,13-14H,7-12H2,1-2H3,(H2,18,21). The Morgan fingerprint density at radius 3 is 2.67 bits per heavy atom. The second-order valence-corrected chi connectivity index (χ2v) is 6.60. The lowest BCUT2D eigenvalue weighted by molar-refractivity contribution is 0.194. The van der Waals surface area contributed by atoms with Crippen LogP contribution in [0.3, 0.4) is 0 Å². The predicted molar refractivity (Wildman–Crippen MR) is 91.9 cm³/mol. The highest BCUT2D eigenvalue weighted by atomic mass is 32.1. The summed E-state index contributed by atoms with van der Waals surface area (Å²) in [5.41, 5.74) is 6.55. The normalized spacial score (nSPS) is 14.7. The van der Waals surface area contributed by atoms with Crippen LogP contribution in [0.1, 0.15) is 38.7 Å². The molecule has 1 fully saturated rings. The van der Waals surface area contributed by atoms with Crippen molar-refractivity contribution in [2.75, 3.05) is 19.7 Å². The fourth-order valence-electron chi connectivity index (χ4n) is 2.41. The number of nitrogens with two attached hydrogens (primary N) is 1. The van der Waals surface area contributed by atoms with E-state index in [1.54, 1.807) is 0 Å². The van der Waals surface area contributed by atoms with Crippen LogP contribution in [0.4, 0.5) is 0 Å². The summed E-state index contributed by atoms with van der Waals surface area (Å²) in [4.78, 5) is 2.95. The number of thiocarbonyl (C=S) groups is 1. The molecule has 0 bridgehead atoms. The van der Waals surface area contributed by atoms with Gasteiger partial charge >= 0.3 is 0 Å². The molecule has 116 valence electrons. The summed E-state index contributed by atoms with van der Waals surface area (Å²) in [5.74, 6) is 1.55. The molecule has 3 nitrogen and oxygen atoms in total. The van der Waals surface area contributed by atoms with Crippen molar-refractivity contribution < 1.29 is 4.74 Å². The van der Waals surface area contributed by atoms with Gasteiger partial charge in [-0.25, -0.2) is 0 Å². The van der Waals surface area contributed by atoms with Crippen LogP contribution in [0.25, 0.3) is 0 Å². The Morgan fingerprint density at radius 2 is 2.05 bits per heavy atom. The molecule has 2 N–H and O–H groups in total. The first-order chi connectivity index (χ1) is 10.1. The molecule has 1 saturated carbocycles. The quantitative estimate of drug-likeness (QED) is 0.711. The maximum absolute atomic E-state index is 5.90. The summed E-state index contributed by atoms with van der Waals surface area (Å²) in [6.07, 6.45) is 3.92. The molecule has 0 atom stereocenters. The van der Waals surface area contributed by atoms with Crippen LogP contribution in [0.5, 0.6) is 5.75 Å². The summed E-state index contributed by atoms with van der Waals surface area (Å²) in [6, 6.07) is 8.51. The molecule has 0 radical (unpaired) electrons. The van der Waals surface area contributed by atoms with Crippen LogP contribution in [-0.2, 0) is 0 Å². The van der Waals surface area contributed by atoms with Gasteiger partial charge in [-0.1, -0.05) is 38.2 Å². The van der Waals surface area contributed by atoms with Gasteiger partial charge in [-0.2, -0.15) is 0 Å². The molecule has 2 rings (SSSR count). The van der Waals surface area contributed by atoms with Crippen molar-refractivity contribution in [3.63, 3.8) is 0 Å². The van der Waals surface area contributed by atoms with Crippen molar-refractivity contribution in [1.82, 2.24) is 4.90 Å². The maximum atomic E-state index is 5.90. The first kappa shape index (κ1) is 16.2. The molecule has 1 aromatic rings. The van der Waals surface area contributed by atoms with E-state index in [0.717, 1.165) is 29.8 Å². The van der Waals surface area contributed by atoms with E-state index in [0.29, 0.717) is 11.6 Å². The lowest BCUT2D eigenvalue weighted by Crippen LogP contribution is -2.32. The molecule has 0 aliphatic heterocycles. The molecule has 0 unspecified atom stereocenters. The zero-order valence-corrected chi connectivity index (χ0v) is 13.9. The van der Waals surface area contributed by atoms with Gasteiger partial charge in [0, 0.05) is 12.6 Å². The number of rotatable bonds is 9. The van der Waals surface area contributed by atoms with Gasteiger partial charge in [0.15, 0.2) is 0 Å². The highest BCUT2D eigenvalue weighted by Crippen LogP contribution is 2.27. The molecule has 4 heteroatoms. The van der Waals surface area contributed by atoms with Crippen molar-refractivity contribution in [2.45, 2.75) is 39.2 Å². The molecule has 0 amide bonds. The van der Waals surface area contributed by atoms with E-state index >= 15 is 0 Å². The van der Waals surface area contributed by atoms with Crippen molar-refractivity contribution in [2.24, 2.45) is 11.7 Å². The number of para-hydroxylation sites is 1. The van der Waals surface area contributed by atoms with Crippen molar-refractivity contribution in [3.8, 4) is 5.75 Å². The number of benzene rings is 1. The van der Waals surface area contributed by atoms with Gasteiger partial charge < -0.3 is 10.5 Å². The summed E-state index contributed by atoms with van der Waals surface area (Å²) in [7, 11) is 0. The second kappa shape index (κ2) is 7.76. The van der Waals surface area contributed by atoms with Crippen LogP contribution in [0, 0.1) is 5.92 Å². The minimum Gasteiger partial charge on any atom is -0.492 e. The van der Waals surface area contributed by atoms with Crippen molar-refractivity contribution in [3.05, 3.63) is 29.8 Å². The number of hydrogen-bond donors (Lipinski definition) is 1. The Labute approximate surface area is 133 Å². The monoisotopic (exact) mass is 306 g/mol. The molecule has 21 heavy (non-hydrogen) atoms. The Balaban J connectivity index is 1.83. The summed E-state index contributed by atoms with van der Waals surface area (Å²) < 4.78 is 5.90. The Hall–Kier alpha value is -1.13. The van der Waals surface area contributed by atoms with Gasteiger partial charge in [-0.3, -0.25) is 4.90 Å². The Kier molecular flexibility index (Phi) is 6.00. The third kappa shape index (κ3) is 5.29. The average molecular weight is 306 g/mol. The average Bonchev–Trinajstić information content (AvgIpc) is 3.27. The fraction of sp³-hybridized carbons (Fsp3) is 0.588. The van der Waals surface area contributed by atoms with Crippen LogP contribution in [0.2, 0.25) is 0 Å². The van der Waals surface area contributed by atoms with E-state index in [1.807, 2.05) is 24.3 Å². The van der Waals surface area contributed by atoms with E-state index in [1.165, 1.54) is 25.8 Å². The van der Waals surface area contributed by atoms with Crippen LogP contribution in [-0.4, -0.2) is 35.6 Å². The van der Waals surface area contributed by atoms with E-state index in [-0.39, 0.29) is 0 Å². The molecule has 0 heterocycles. The maximum Gasteiger partial charge on any atom is 0.129 e. The van der Waals surface area contributed by atoms with Crippen LogP contribution >= 0.6 is 12.2 Å². The zero-order valence-electron chi connectivity index (χ0n) is 13.0. The van der Waals surface area contributed by atoms with Crippen LogP contribution in [0.15, 0.2) is 24.3 Å². The Morgan fingerprint density at radius 1 is 1.33 bits per heavy atom. The third-order valence-electron chi connectivity index (χ3n) is 3.85. The third-order valence-corrected chi connectivity index (χ3v) is 4.07. The second-order valence-electron chi connectivity index (χ2n) is 6.16. The number of ether oxygens (including phenoxy) is 1. The van der Waals surface area contributed by atoms with Gasteiger partial charge in [0.05, 0.1) is 5.56 Å². The predicted octanol–water partition coefficient (Wildman–Crippen LogP) is 3.21. The Bertz CT molecular complexity index is 472. The highest BCUT2D eigenvalue weighted by molar-refractivity contribution is 7.80. The van der Waals surface area contributed by atoms with Gasteiger partial charge in [0.1, 0.15) is 17.3 Å².